The molecular formula is C20H26N4O5S2. The number of morpholine rings is 1. The second kappa shape index (κ2) is 8.27. The molecule has 2 aromatic heterocycles. The number of nitrogens with zero attached hydrogens (tertiary/aromatic N) is 4. The summed E-state index contributed by atoms with van der Waals surface area (Å²) in [5, 5.41) is 4.04. The molecular weight excluding hydrogens is 440 g/mol. The number of carbonyl (C=O) groups is 1. The van der Waals surface area contributed by atoms with Gasteiger partial charge in [-0.3, -0.25) is 4.79 Å². The summed E-state index contributed by atoms with van der Waals surface area (Å²) in [5.41, 5.74) is 0. The summed E-state index contributed by atoms with van der Waals surface area (Å²) < 4.78 is 38.8. The Labute approximate surface area is 185 Å². The Morgan fingerprint density at radius 1 is 1.13 bits per heavy atom. The fraction of sp³-hybridized carbons (Fsp3) is 0.650. The predicted molar refractivity (Wildman–Crippen MR) is 113 cm³/mol. The fourth-order valence-electron chi connectivity index (χ4n) is 4.19. The van der Waals surface area contributed by atoms with E-state index in [-0.39, 0.29) is 11.8 Å². The quantitative estimate of drug-likeness (QED) is 0.665. The van der Waals surface area contributed by atoms with E-state index in [4.69, 9.17) is 9.26 Å². The third kappa shape index (κ3) is 4.15. The normalized spacial score (nSPS) is 21.5. The highest BCUT2D eigenvalue weighted by Gasteiger charge is 2.36. The van der Waals surface area contributed by atoms with Crippen molar-refractivity contribution in [1.82, 2.24) is 19.3 Å². The van der Waals surface area contributed by atoms with Crippen LogP contribution in [-0.2, 0) is 19.6 Å². The smallest absolute Gasteiger partial charge is 0.244 e. The number of piperidine rings is 1. The molecule has 3 fully saturated rings. The van der Waals surface area contributed by atoms with Gasteiger partial charge in [-0.15, -0.1) is 11.3 Å². The van der Waals surface area contributed by atoms with Gasteiger partial charge in [0, 0.05) is 42.9 Å². The SMILES string of the molecule is Cc1sc(-c2noc(C3CC3)n2)cc1S(=O)(=O)N1CCC(C(=O)N2CCOCC2)CC1. The summed E-state index contributed by atoms with van der Waals surface area (Å²) in [5.74, 6) is 1.44. The van der Waals surface area contributed by atoms with Gasteiger partial charge in [0.2, 0.25) is 27.6 Å². The third-order valence-electron chi connectivity index (χ3n) is 6.20. The summed E-state index contributed by atoms with van der Waals surface area (Å²) in [4.78, 5) is 20.7. The molecule has 4 heterocycles. The van der Waals surface area contributed by atoms with Crippen LogP contribution in [0.1, 0.15) is 42.4 Å². The van der Waals surface area contributed by atoms with E-state index >= 15 is 0 Å². The van der Waals surface area contributed by atoms with Gasteiger partial charge in [0.15, 0.2) is 0 Å². The molecule has 0 radical (unpaired) electrons. The van der Waals surface area contributed by atoms with Crippen LogP contribution in [-0.4, -0.2) is 73.1 Å². The number of hydrogen-bond donors (Lipinski definition) is 0. The van der Waals surface area contributed by atoms with Gasteiger partial charge in [-0.1, -0.05) is 5.16 Å². The van der Waals surface area contributed by atoms with Crippen molar-refractivity contribution in [3.63, 3.8) is 0 Å². The minimum atomic E-state index is -3.64. The number of aryl methyl sites for hydroxylation is 1. The maximum atomic E-state index is 13.3. The standard InChI is InChI=1S/C20H26N4O5S2/c1-13-17(12-16(30-13)18-21-19(29-22-18)14-2-3-14)31(26,27)24-6-4-15(5-7-24)20(25)23-8-10-28-11-9-23/h12,14-15H,2-11H2,1H3. The Kier molecular flexibility index (Phi) is 5.61. The monoisotopic (exact) mass is 466 g/mol. The Morgan fingerprint density at radius 2 is 1.84 bits per heavy atom. The second-order valence-corrected chi connectivity index (χ2v) is 11.5. The van der Waals surface area contributed by atoms with E-state index in [1.807, 2.05) is 4.90 Å². The predicted octanol–water partition coefficient (Wildman–Crippen LogP) is 2.24. The van der Waals surface area contributed by atoms with Crippen LogP contribution < -0.4 is 0 Å². The van der Waals surface area contributed by atoms with Crippen LogP contribution in [0.2, 0.25) is 0 Å². The molecule has 1 amide bonds. The van der Waals surface area contributed by atoms with Crippen molar-refractivity contribution in [2.75, 3.05) is 39.4 Å². The Morgan fingerprint density at radius 3 is 2.52 bits per heavy atom. The molecule has 0 aromatic carbocycles. The molecule has 0 spiro atoms. The molecule has 0 bridgehead atoms. The number of hydrogen-bond acceptors (Lipinski definition) is 8. The first kappa shape index (κ1) is 21.0. The highest BCUT2D eigenvalue weighted by atomic mass is 32.2. The third-order valence-corrected chi connectivity index (χ3v) is 9.41. The Hall–Kier alpha value is -1.82. The number of amides is 1. The summed E-state index contributed by atoms with van der Waals surface area (Å²) in [6.07, 6.45) is 3.21. The summed E-state index contributed by atoms with van der Waals surface area (Å²) >= 11 is 1.36. The van der Waals surface area contributed by atoms with Gasteiger partial charge in [-0.05, 0) is 38.7 Å². The van der Waals surface area contributed by atoms with E-state index in [1.54, 1.807) is 13.0 Å². The molecule has 1 aliphatic carbocycles. The average molecular weight is 467 g/mol. The van der Waals surface area contributed by atoms with Crippen molar-refractivity contribution in [2.45, 2.75) is 43.4 Å². The van der Waals surface area contributed by atoms with Gasteiger partial charge in [0.05, 0.1) is 23.0 Å². The van der Waals surface area contributed by atoms with Crippen molar-refractivity contribution < 1.29 is 22.5 Å². The van der Waals surface area contributed by atoms with Crippen LogP contribution in [0.4, 0.5) is 0 Å². The molecule has 0 unspecified atom stereocenters. The molecule has 2 saturated heterocycles. The van der Waals surface area contributed by atoms with Gasteiger partial charge < -0.3 is 14.2 Å². The number of sulfonamides is 1. The lowest BCUT2D eigenvalue weighted by Gasteiger charge is -2.35. The van der Waals surface area contributed by atoms with Crippen molar-refractivity contribution in [1.29, 1.82) is 0 Å². The van der Waals surface area contributed by atoms with E-state index in [0.29, 0.717) is 84.5 Å². The first-order chi connectivity index (χ1) is 14.9. The lowest BCUT2D eigenvalue weighted by Crippen LogP contribution is -2.47. The largest absolute Gasteiger partial charge is 0.378 e. The molecule has 31 heavy (non-hydrogen) atoms. The van der Waals surface area contributed by atoms with Crippen LogP contribution in [0.25, 0.3) is 10.7 Å². The molecule has 168 valence electrons. The zero-order valence-corrected chi connectivity index (χ0v) is 19.1. The zero-order chi connectivity index (χ0) is 21.6. The Bertz CT molecular complexity index is 1060. The molecule has 2 aliphatic heterocycles. The maximum Gasteiger partial charge on any atom is 0.244 e. The molecule has 2 aromatic rings. The van der Waals surface area contributed by atoms with Gasteiger partial charge in [-0.2, -0.15) is 9.29 Å². The van der Waals surface area contributed by atoms with Crippen LogP contribution in [0.5, 0.6) is 0 Å². The first-order valence-corrected chi connectivity index (χ1v) is 13.0. The van der Waals surface area contributed by atoms with Crippen LogP contribution >= 0.6 is 11.3 Å². The fourth-order valence-corrected chi connectivity index (χ4v) is 7.14. The van der Waals surface area contributed by atoms with E-state index in [1.165, 1.54) is 15.6 Å². The van der Waals surface area contributed by atoms with E-state index in [2.05, 4.69) is 10.1 Å². The summed E-state index contributed by atoms with van der Waals surface area (Å²) in [6.45, 7) is 4.88. The van der Waals surface area contributed by atoms with Gasteiger partial charge in [-0.25, -0.2) is 8.42 Å². The van der Waals surface area contributed by atoms with Gasteiger partial charge in [0.1, 0.15) is 0 Å². The molecule has 11 heteroatoms. The first-order valence-electron chi connectivity index (χ1n) is 10.7. The topological polar surface area (TPSA) is 106 Å². The lowest BCUT2D eigenvalue weighted by molar-refractivity contribution is -0.140. The number of thiophene rings is 1. The Balaban J connectivity index is 1.27. The van der Waals surface area contributed by atoms with Gasteiger partial charge >= 0.3 is 0 Å². The minimum Gasteiger partial charge on any atom is -0.378 e. The van der Waals surface area contributed by atoms with Crippen molar-refractivity contribution in [3.05, 3.63) is 16.8 Å². The van der Waals surface area contributed by atoms with Crippen molar-refractivity contribution in [3.8, 4) is 10.7 Å². The highest BCUT2D eigenvalue weighted by Crippen LogP contribution is 2.41. The number of aromatic nitrogens is 2. The molecule has 0 atom stereocenters. The number of ether oxygens (including phenoxy) is 1. The van der Waals surface area contributed by atoms with Crippen LogP contribution in [0.3, 0.4) is 0 Å². The van der Waals surface area contributed by atoms with E-state index in [0.717, 1.165) is 12.8 Å². The van der Waals surface area contributed by atoms with E-state index < -0.39 is 10.0 Å². The highest BCUT2D eigenvalue weighted by molar-refractivity contribution is 7.89. The molecule has 9 nitrogen and oxygen atoms in total. The lowest BCUT2D eigenvalue weighted by atomic mass is 9.96. The zero-order valence-electron chi connectivity index (χ0n) is 17.4. The second-order valence-electron chi connectivity index (χ2n) is 8.38. The molecule has 0 N–H and O–H groups in total. The van der Waals surface area contributed by atoms with Crippen LogP contribution in [0.15, 0.2) is 15.5 Å². The average Bonchev–Trinajstić information content (AvgIpc) is 3.38. The molecule has 1 saturated carbocycles. The summed E-state index contributed by atoms with van der Waals surface area (Å²) in [6, 6.07) is 1.65. The number of carbonyl (C=O) groups excluding carboxylic acids is 1. The molecule has 3 aliphatic rings. The van der Waals surface area contributed by atoms with Crippen LogP contribution in [0, 0.1) is 12.8 Å². The maximum absolute atomic E-state index is 13.3. The molecule has 5 rings (SSSR count). The number of rotatable bonds is 5. The van der Waals surface area contributed by atoms with Crippen molar-refractivity contribution >= 4 is 27.3 Å². The minimum absolute atomic E-state index is 0.121. The van der Waals surface area contributed by atoms with Gasteiger partial charge in [0.25, 0.3) is 0 Å². The summed E-state index contributed by atoms with van der Waals surface area (Å²) in [7, 11) is -3.64. The van der Waals surface area contributed by atoms with Crippen molar-refractivity contribution in [2.24, 2.45) is 5.92 Å². The van der Waals surface area contributed by atoms with E-state index in [9.17, 15) is 13.2 Å².